The summed E-state index contributed by atoms with van der Waals surface area (Å²) in [6.07, 6.45) is 7.19. The smallest absolute Gasteiger partial charge is 0.307 e. The second-order valence-electron chi connectivity index (χ2n) is 5.55. The predicted octanol–water partition coefficient (Wildman–Crippen LogP) is 3.46. The molecule has 3 nitrogen and oxygen atoms in total. The van der Waals surface area contributed by atoms with E-state index in [2.05, 4.69) is 32.7 Å². The maximum atomic E-state index is 11.1. The average Bonchev–Trinajstić information content (AvgIpc) is 2.29. The van der Waals surface area contributed by atoms with E-state index >= 15 is 0 Å². The summed E-state index contributed by atoms with van der Waals surface area (Å²) in [6, 6.07) is 0.392. The number of carboxylic acid groups (broad SMARTS) is 1. The minimum atomic E-state index is -0.685. The van der Waals surface area contributed by atoms with Crippen LogP contribution in [0.15, 0.2) is 12.7 Å². The van der Waals surface area contributed by atoms with E-state index in [4.69, 9.17) is 5.11 Å². The normalized spacial score (nSPS) is 14.4. The monoisotopic (exact) mass is 255 g/mol. The minimum Gasteiger partial charge on any atom is -0.481 e. The Kier molecular flexibility index (Phi) is 9.66. The summed E-state index contributed by atoms with van der Waals surface area (Å²) in [5.74, 6) is -0.522. The van der Waals surface area contributed by atoms with Crippen molar-refractivity contribution in [3.05, 3.63) is 12.7 Å². The molecule has 0 fully saturated rings. The van der Waals surface area contributed by atoms with Gasteiger partial charge in [0.05, 0.1) is 5.92 Å². The van der Waals surface area contributed by atoms with E-state index < -0.39 is 5.97 Å². The zero-order valence-corrected chi connectivity index (χ0v) is 12.1. The topological polar surface area (TPSA) is 49.3 Å². The fourth-order valence-corrected chi connectivity index (χ4v) is 2.03. The fourth-order valence-electron chi connectivity index (χ4n) is 2.03. The third-order valence-electron chi connectivity index (χ3n) is 3.11. The molecule has 0 aromatic heterocycles. The van der Waals surface area contributed by atoms with Gasteiger partial charge in [0.1, 0.15) is 0 Å². The lowest BCUT2D eigenvalue weighted by Gasteiger charge is -2.19. The Bertz CT molecular complexity index is 239. The molecule has 0 saturated heterocycles. The lowest BCUT2D eigenvalue weighted by Crippen LogP contribution is -2.35. The standard InChI is InChI=1S/C15H29NO2/c1-5-6-7-8-9-13(4)16-11-14(15(17)18)10-12(2)3/h5,12-14,16H,1,6-11H2,2-4H3,(H,17,18). The summed E-state index contributed by atoms with van der Waals surface area (Å²) in [4.78, 5) is 11.1. The Labute approximate surface area is 112 Å². The Morgan fingerprint density at radius 3 is 2.50 bits per heavy atom. The van der Waals surface area contributed by atoms with Gasteiger partial charge in [-0.1, -0.05) is 26.3 Å². The molecule has 2 atom stereocenters. The van der Waals surface area contributed by atoms with Crippen LogP contribution in [-0.2, 0) is 4.79 Å². The Morgan fingerprint density at radius 2 is 2.00 bits per heavy atom. The zero-order valence-electron chi connectivity index (χ0n) is 12.1. The van der Waals surface area contributed by atoms with E-state index in [0.29, 0.717) is 18.5 Å². The zero-order chi connectivity index (χ0) is 14.0. The van der Waals surface area contributed by atoms with Crippen molar-refractivity contribution in [2.24, 2.45) is 11.8 Å². The van der Waals surface area contributed by atoms with Gasteiger partial charge in [0.15, 0.2) is 0 Å². The Hall–Kier alpha value is -0.830. The molecule has 2 unspecified atom stereocenters. The van der Waals surface area contributed by atoms with Crippen LogP contribution in [0.3, 0.4) is 0 Å². The molecular weight excluding hydrogens is 226 g/mol. The largest absolute Gasteiger partial charge is 0.481 e. The fraction of sp³-hybridized carbons (Fsp3) is 0.800. The van der Waals surface area contributed by atoms with Crippen LogP contribution in [0.1, 0.15) is 52.9 Å². The highest BCUT2D eigenvalue weighted by Crippen LogP contribution is 2.12. The summed E-state index contributed by atoms with van der Waals surface area (Å²) >= 11 is 0. The summed E-state index contributed by atoms with van der Waals surface area (Å²) in [5.41, 5.74) is 0. The molecular formula is C15H29NO2. The first-order valence-electron chi connectivity index (χ1n) is 7.04. The number of aliphatic carboxylic acids is 1. The molecule has 0 bridgehead atoms. The van der Waals surface area contributed by atoms with Gasteiger partial charge in [0, 0.05) is 12.6 Å². The molecule has 18 heavy (non-hydrogen) atoms. The minimum absolute atomic E-state index is 0.263. The number of carbonyl (C=O) groups is 1. The van der Waals surface area contributed by atoms with Gasteiger partial charge in [-0.25, -0.2) is 0 Å². The van der Waals surface area contributed by atoms with Crippen molar-refractivity contribution >= 4 is 5.97 Å². The van der Waals surface area contributed by atoms with Crippen LogP contribution in [0, 0.1) is 11.8 Å². The van der Waals surface area contributed by atoms with E-state index in [1.54, 1.807) is 0 Å². The molecule has 0 amide bonds. The molecule has 0 aliphatic heterocycles. The number of nitrogens with one attached hydrogen (secondary N) is 1. The molecule has 2 N–H and O–H groups in total. The average molecular weight is 255 g/mol. The maximum absolute atomic E-state index is 11.1. The van der Waals surface area contributed by atoms with Crippen LogP contribution < -0.4 is 5.32 Å². The van der Waals surface area contributed by atoms with Crippen LogP contribution in [-0.4, -0.2) is 23.7 Å². The van der Waals surface area contributed by atoms with Crippen LogP contribution in [0.25, 0.3) is 0 Å². The first kappa shape index (κ1) is 17.2. The van der Waals surface area contributed by atoms with Gasteiger partial charge in [-0.15, -0.1) is 6.58 Å². The molecule has 0 aromatic rings. The van der Waals surface area contributed by atoms with Crippen LogP contribution in [0.4, 0.5) is 0 Å². The molecule has 0 spiro atoms. The molecule has 0 aromatic carbocycles. The van der Waals surface area contributed by atoms with Crippen LogP contribution in [0.5, 0.6) is 0 Å². The summed E-state index contributed by atoms with van der Waals surface area (Å²) in [7, 11) is 0. The van der Waals surface area contributed by atoms with E-state index in [1.807, 2.05) is 6.08 Å². The van der Waals surface area contributed by atoms with Crippen molar-refractivity contribution in [3.63, 3.8) is 0 Å². The van der Waals surface area contributed by atoms with Gasteiger partial charge < -0.3 is 10.4 Å². The number of rotatable bonds is 11. The molecule has 106 valence electrons. The molecule has 0 aliphatic rings. The molecule has 0 aliphatic carbocycles. The van der Waals surface area contributed by atoms with Crippen molar-refractivity contribution in [3.8, 4) is 0 Å². The second kappa shape index (κ2) is 10.1. The van der Waals surface area contributed by atoms with Crippen molar-refractivity contribution in [1.82, 2.24) is 5.32 Å². The van der Waals surface area contributed by atoms with Crippen molar-refractivity contribution in [2.45, 2.75) is 58.9 Å². The molecule has 0 rings (SSSR count). The summed E-state index contributed by atoms with van der Waals surface area (Å²) < 4.78 is 0. The third kappa shape index (κ3) is 9.23. The van der Waals surface area contributed by atoms with Crippen LogP contribution in [0.2, 0.25) is 0 Å². The number of hydrogen-bond acceptors (Lipinski definition) is 2. The van der Waals surface area contributed by atoms with Gasteiger partial charge in [0.2, 0.25) is 0 Å². The third-order valence-corrected chi connectivity index (χ3v) is 3.11. The van der Waals surface area contributed by atoms with Gasteiger partial charge in [0.25, 0.3) is 0 Å². The quantitative estimate of drug-likeness (QED) is 0.439. The Balaban J connectivity index is 3.81. The first-order valence-corrected chi connectivity index (χ1v) is 7.04. The van der Waals surface area contributed by atoms with Gasteiger partial charge in [-0.3, -0.25) is 4.79 Å². The van der Waals surface area contributed by atoms with E-state index in [1.165, 1.54) is 12.8 Å². The Morgan fingerprint density at radius 1 is 1.33 bits per heavy atom. The van der Waals surface area contributed by atoms with E-state index in [9.17, 15) is 4.79 Å². The van der Waals surface area contributed by atoms with E-state index in [0.717, 1.165) is 19.3 Å². The molecule has 0 heterocycles. The highest BCUT2D eigenvalue weighted by atomic mass is 16.4. The van der Waals surface area contributed by atoms with Crippen LogP contribution >= 0.6 is 0 Å². The number of hydrogen-bond donors (Lipinski definition) is 2. The first-order chi connectivity index (χ1) is 8.47. The lowest BCUT2D eigenvalue weighted by atomic mass is 9.96. The summed E-state index contributed by atoms with van der Waals surface area (Å²) in [5, 5.41) is 12.5. The van der Waals surface area contributed by atoms with E-state index in [-0.39, 0.29) is 5.92 Å². The maximum Gasteiger partial charge on any atom is 0.307 e. The summed E-state index contributed by atoms with van der Waals surface area (Å²) in [6.45, 7) is 10.5. The number of unbranched alkanes of at least 4 members (excludes halogenated alkanes) is 2. The van der Waals surface area contributed by atoms with Crippen molar-refractivity contribution in [1.29, 1.82) is 0 Å². The lowest BCUT2D eigenvalue weighted by molar-refractivity contribution is -0.142. The highest BCUT2D eigenvalue weighted by molar-refractivity contribution is 5.70. The predicted molar refractivity (Wildman–Crippen MR) is 76.7 cm³/mol. The number of allylic oxidation sites excluding steroid dienone is 1. The van der Waals surface area contributed by atoms with Gasteiger partial charge in [-0.05, 0) is 38.5 Å². The van der Waals surface area contributed by atoms with Crippen molar-refractivity contribution in [2.75, 3.05) is 6.54 Å². The molecule has 0 radical (unpaired) electrons. The van der Waals surface area contributed by atoms with Gasteiger partial charge in [-0.2, -0.15) is 0 Å². The molecule has 0 saturated carbocycles. The highest BCUT2D eigenvalue weighted by Gasteiger charge is 2.19. The number of carboxylic acids is 1. The molecule has 3 heteroatoms. The SMILES string of the molecule is C=CCCCCC(C)NCC(CC(C)C)C(=O)O. The second-order valence-corrected chi connectivity index (χ2v) is 5.55. The van der Waals surface area contributed by atoms with Gasteiger partial charge >= 0.3 is 5.97 Å². The van der Waals surface area contributed by atoms with Crippen molar-refractivity contribution < 1.29 is 9.90 Å².